The minimum Gasteiger partial charge on any atom is -0.338 e. The Bertz CT molecular complexity index is 493. The fraction of sp³-hybridized carbons (Fsp3) is 0.385. The standard InChI is InChI=1S/C13H13FN2O/c1-9-2-13(17)16(7-9)8-11-3-10(6-15)4-12(14)5-11/h3-5,9H,2,7-8H2,1H3. The Morgan fingerprint density at radius 1 is 1.53 bits per heavy atom. The lowest BCUT2D eigenvalue weighted by molar-refractivity contribution is -0.128. The molecule has 0 radical (unpaired) electrons. The predicted octanol–water partition coefficient (Wildman–Crippen LogP) is 2.07. The van der Waals surface area contributed by atoms with Gasteiger partial charge in [0.25, 0.3) is 0 Å². The molecule has 0 N–H and O–H groups in total. The van der Waals surface area contributed by atoms with Gasteiger partial charge in [-0.15, -0.1) is 0 Å². The fourth-order valence-corrected chi connectivity index (χ4v) is 2.15. The van der Waals surface area contributed by atoms with Crippen molar-refractivity contribution in [3.63, 3.8) is 0 Å². The summed E-state index contributed by atoms with van der Waals surface area (Å²) in [5.74, 6) is 0.0190. The summed E-state index contributed by atoms with van der Waals surface area (Å²) in [6.07, 6.45) is 0.556. The molecule has 1 aliphatic heterocycles. The second kappa shape index (κ2) is 4.54. The molecule has 4 heteroatoms. The molecule has 1 amide bonds. The van der Waals surface area contributed by atoms with Crippen molar-refractivity contribution in [3.05, 3.63) is 35.1 Å². The van der Waals surface area contributed by atoms with Crippen molar-refractivity contribution in [1.82, 2.24) is 4.90 Å². The number of amides is 1. The maximum Gasteiger partial charge on any atom is 0.223 e. The zero-order chi connectivity index (χ0) is 12.4. The van der Waals surface area contributed by atoms with Crippen molar-refractivity contribution in [3.8, 4) is 6.07 Å². The number of carbonyl (C=O) groups excluding carboxylic acids is 1. The SMILES string of the molecule is CC1CC(=O)N(Cc2cc(F)cc(C#N)c2)C1. The predicted molar refractivity (Wildman–Crippen MR) is 60.3 cm³/mol. The second-order valence-corrected chi connectivity index (χ2v) is 4.54. The quantitative estimate of drug-likeness (QED) is 0.783. The Hall–Kier alpha value is -1.89. The van der Waals surface area contributed by atoms with Crippen molar-refractivity contribution in [2.75, 3.05) is 6.54 Å². The van der Waals surface area contributed by atoms with E-state index >= 15 is 0 Å². The normalized spacial score (nSPS) is 19.5. The molecular weight excluding hydrogens is 219 g/mol. The highest BCUT2D eigenvalue weighted by Crippen LogP contribution is 2.20. The molecule has 17 heavy (non-hydrogen) atoms. The average molecular weight is 232 g/mol. The zero-order valence-electron chi connectivity index (χ0n) is 9.61. The van der Waals surface area contributed by atoms with Gasteiger partial charge in [0.15, 0.2) is 0 Å². The van der Waals surface area contributed by atoms with E-state index in [1.165, 1.54) is 12.1 Å². The number of benzene rings is 1. The van der Waals surface area contributed by atoms with Crippen LogP contribution >= 0.6 is 0 Å². The third-order valence-corrected chi connectivity index (χ3v) is 2.87. The Kier molecular flexibility index (Phi) is 3.10. The molecule has 0 bridgehead atoms. The van der Waals surface area contributed by atoms with Gasteiger partial charge in [-0.2, -0.15) is 5.26 Å². The highest BCUT2D eigenvalue weighted by Gasteiger charge is 2.26. The number of hydrogen-bond acceptors (Lipinski definition) is 2. The number of nitrogens with zero attached hydrogens (tertiary/aromatic N) is 2. The Balaban J connectivity index is 2.16. The van der Waals surface area contributed by atoms with E-state index < -0.39 is 5.82 Å². The van der Waals surface area contributed by atoms with Gasteiger partial charge in [-0.05, 0) is 29.7 Å². The molecule has 3 nitrogen and oxygen atoms in total. The van der Waals surface area contributed by atoms with Crippen LogP contribution in [0.3, 0.4) is 0 Å². The molecule has 2 rings (SSSR count). The third-order valence-electron chi connectivity index (χ3n) is 2.87. The van der Waals surface area contributed by atoms with Gasteiger partial charge in [0.2, 0.25) is 5.91 Å². The molecule has 1 saturated heterocycles. The fourth-order valence-electron chi connectivity index (χ4n) is 2.15. The Morgan fingerprint density at radius 2 is 2.29 bits per heavy atom. The number of carbonyl (C=O) groups is 1. The molecule has 1 aromatic rings. The molecule has 1 fully saturated rings. The lowest BCUT2D eigenvalue weighted by atomic mass is 10.1. The summed E-state index contributed by atoms with van der Waals surface area (Å²) in [5, 5.41) is 8.74. The van der Waals surface area contributed by atoms with Gasteiger partial charge < -0.3 is 4.90 Å². The first kappa shape index (κ1) is 11.6. The molecule has 0 aromatic heterocycles. The number of rotatable bonds is 2. The molecule has 0 spiro atoms. The van der Waals surface area contributed by atoms with Crippen LogP contribution < -0.4 is 0 Å². The van der Waals surface area contributed by atoms with Crippen molar-refractivity contribution < 1.29 is 9.18 Å². The molecular formula is C13H13FN2O. The van der Waals surface area contributed by atoms with Crippen molar-refractivity contribution in [2.45, 2.75) is 19.9 Å². The van der Waals surface area contributed by atoms with Crippen LogP contribution in [0.15, 0.2) is 18.2 Å². The summed E-state index contributed by atoms with van der Waals surface area (Å²) in [5.41, 5.74) is 0.962. The zero-order valence-corrected chi connectivity index (χ0v) is 9.61. The van der Waals surface area contributed by atoms with Gasteiger partial charge in [-0.3, -0.25) is 4.79 Å². The van der Waals surface area contributed by atoms with Gasteiger partial charge in [0, 0.05) is 19.5 Å². The van der Waals surface area contributed by atoms with E-state index in [1.54, 1.807) is 11.0 Å². The number of hydrogen-bond donors (Lipinski definition) is 0. The summed E-state index contributed by atoms with van der Waals surface area (Å²) in [7, 11) is 0. The monoisotopic (exact) mass is 232 g/mol. The highest BCUT2D eigenvalue weighted by molar-refractivity contribution is 5.78. The summed E-state index contributed by atoms with van der Waals surface area (Å²) >= 11 is 0. The summed E-state index contributed by atoms with van der Waals surface area (Å²) < 4.78 is 13.2. The van der Waals surface area contributed by atoms with E-state index in [0.717, 1.165) is 0 Å². The third kappa shape index (κ3) is 2.62. The highest BCUT2D eigenvalue weighted by atomic mass is 19.1. The van der Waals surface area contributed by atoms with Crippen LogP contribution in [-0.2, 0) is 11.3 Å². The van der Waals surface area contributed by atoms with E-state index in [-0.39, 0.29) is 5.91 Å². The van der Waals surface area contributed by atoms with Crippen molar-refractivity contribution in [2.24, 2.45) is 5.92 Å². The lowest BCUT2D eigenvalue weighted by Crippen LogP contribution is -2.24. The summed E-state index contributed by atoms with van der Waals surface area (Å²) in [6, 6.07) is 6.10. The van der Waals surface area contributed by atoms with E-state index in [9.17, 15) is 9.18 Å². The minimum absolute atomic E-state index is 0.0975. The molecule has 1 unspecified atom stereocenters. The Labute approximate surface area is 99.5 Å². The van der Waals surface area contributed by atoms with Crippen LogP contribution in [0.4, 0.5) is 4.39 Å². The molecule has 88 valence electrons. The first-order valence-electron chi connectivity index (χ1n) is 5.56. The van der Waals surface area contributed by atoms with Crippen LogP contribution in [0.5, 0.6) is 0 Å². The van der Waals surface area contributed by atoms with Crippen LogP contribution in [-0.4, -0.2) is 17.4 Å². The summed E-state index contributed by atoms with van der Waals surface area (Å²) in [4.78, 5) is 13.3. The minimum atomic E-state index is -0.432. The van der Waals surface area contributed by atoms with E-state index in [2.05, 4.69) is 0 Å². The van der Waals surface area contributed by atoms with Gasteiger partial charge in [0.1, 0.15) is 5.82 Å². The van der Waals surface area contributed by atoms with E-state index in [4.69, 9.17) is 5.26 Å². The van der Waals surface area contributed by atoms with Crippen molar-refractivity contribution >= 4 is 5.91 Å². The van der Waals surface area contributed by atoms with Crippen LogP contribution in [0.1, 0.15) is 24.5 Å². The maximum atomic E-state index is 13.2. The first-order valence-corrected chi connectivity index (χ1v) is 5.56. The first-order chi connectivity index (χ1) is 8.08. The molecule has 1 atom stereocenters. The number of likely N-dealkylation sites (tertiary alicyclic amines) is 1. The van der Waals surface area contributed by atoms with Gasteiger partial charge in [0.05, 0.1) is 11.6 Å². The molecule has 0 aliphatic carbocycles. The average Bonchev–Trinajstić information content (AvgIpc) is 2.56. The van der Waals surface area contributed by atoms with E-state index in [1.807, 2.05) is 13.0 Å². The van der Waals surface area contributed by atoms with Crippen LogP contribution in [0.2, 0.25) is 0 Å². The lowest BCUT2D eigenvalue weighted by Gasteiger charge is -2.16. The van der Waals surface area contributed by atoms with Crippen LogP contribution in [0, 0.1) is 23.1 Å². The van der Waals surface area contributed by atoms with Crippen LogP contribution in [0.25, 0.3) is 0 Å². The summed E-state index contributed by atoms with van der Waals surface area (Å²) in [6.45, 7) is 3.11. The number of halogens is 1. The van der Waals surface area contributed by atoms with Gasteiger partial charge in [-0.1, -0.05) is 6.92 Å². The molecule has 1 aromatic carbocycles. The van der Waals surface area contributed by atoms with Gasteiger partial charge >= 0.3 is 0 Å². The van der Waals surface area contributed by atoms with Gasteiger partial charge in [-0.25, -0.2) is 4.39 Å². The maximum absolute atomic E-state index is 13.2. The molecule has 0 saturated carbocycles. The molecule has 1 heterocycles. The van der Waals surface area contributed by atoms with Crippen molar-refractivity contribution in [1.29, 1.82) is 5.26 Å². The number of nitriles is 1. The smallest absolute Gasteiger partial charge is 0.223 e. The largest absolute Gasteiger partial charge is 0.338 e. The van der Waals surface area contributed by atoms with E-state index in [0.29, 0.717) is 36.6 Å². The second-order valence-electron chi connectivity index (χ2n) is 4.54. The molecule has 1 aliphatic rings. The topological polar surface area (TPSA) is 44.1 Å². The Morgan fingerprint density at radius 3 is 2.88 bits per heavy atom.